The minimum Gasteiger partial charge on any atom is -0.349 e. The van der Waals surface area contributed by atoms with Crippen molar-refractivity contribution in [1.29, 1.82) is 0 Å². The summed E-state index contributed by atoms with van der Waals surface area (Å²) in [6.07, 6.45) is 4.57. The van der Waals surface area contributed by atoms with Crippen LogP contribution in [-0.2, 0) is 4.79 Å². The molecule has 1 aliphatic carbocycles. The molecule has 0 aromatic heterocycles. The fourth-order valence-electron chi connectivity index (χ4n) is 2.79. The zero-order valence-electron chi connectivity index (χ0n) is 13.0. The number of anilines is 1. The van der Waals surface area contributed by atoms with E-state index in [1.807, 2.05) is 0 Å². The Morgan fingerprint density at radius 1 is 1.26 bits per heavy atom. The van der Waals surface area contributed by atoms with E-state index in [1.165, 1.54) is 0 Å². The fourth-order valence-corrected chi connectivity index (χ4v) is 2.99. The van der Waals surface area contributed by atoms with E-state index in [9.17, 15) is 9.59 Å². The van der Waals surface area contributed by atoms with Gasteiger partial charge in [0, 0.05) is 18.2 Å². The zero-order chi connectivity index (χ0) is 16.2. The minimum absolute atomic E-state index is 0.0206. The van der Waals surface area contributed by atoms with Crippen molar-refractivity contribution >= 4 is 29.1 Å². The molecule has 2 aliphatic rings. The molecule has 23 heavy (non-hydrogen) atoms. The van der Waals surface area contributed by atoms with E-state index >= 15 is 0 Å². The third-order valence-electron chi connectivity index (χ3n) is 4.35. The summed E-state index contributed by atoms with van der Waals surface area (Å²) in [6.45, 7) is 2.04. The fraction of sp³-hybridized carbons (Fsp3) is 0.529. The molecular formula is C17H22ClN3O2. The number of nitrogens with one attached hydrogen (secondary N) is 3. The number of hydrogen-bond acceptors (Lipinski definition) is 3. The Balaban J connectivity index is 1.56. The van der Waals surface area contributed by atoms with Crippen LogP contribution in [0.15, 0.2) is 18.2 Å². The van der Waals surface area contributed by atoms with Gasteiger partial charge in [0.25, 0.3) is 5.91 Å². The van der Waals surface area contributed by atoms with Crippen molar-refractivity contribution < 1.29 is 9.59 Å². The molecule has 1 saturated heterocycles. The molecular weight excluding hydrogens is 314 g/mol. The second kappa shape index (κ2) is 7.32. The average molecular weight is 336 g/mol. The van der Waals surface area contributed by atoms with Gasteiger partial charge in [-0.2, -0.15) is 0 Å². The molecule has 0 spiro atoms. The quantitative estimate of drug-likeness (QED) is 0.748. The number of amides is 2. The van der Waals surface area contributed by atoms with Gasteiger partial charge < -0.3 is 16.0 Å². The van der Waals surface area contributed by atoms with Gasteiger partial charge in [0.15, 0.2) is 0 Å². The predicted molar refractivity (Wildman–Crippen MR) is 90.8 cm³/mol. The summed E-state index contributed by atoms with van der Waals surface area (Å²) < 4.78 is 0. The smallest absolute Gasteiger partial charge is 0.253 e. The highest BCUT2D eigenvalue weighted by Crippen LogP contribution is 2.24. The molecule has 1 atom stereocenters. The van der Waals surface area contributed by atoms with E-state index in [4.69, 9.17) is 11.6 Å². The summed E-state index contributed by atoms with van der Waals surface area (Å²) in [5, 5.41) is 9.47. The lowest BCUT2D eigenvalue weighted by molar-refractivity contribution is -0.116. The maximum absolute atomic E-state index is 12.1. The minimum atomic E-state index is -0.175. The summed E-state index contributed by atoms with van der Waals surface area (Å²) in [4.78, 5) is 24.2. The highest BCUT2D eigenvalue weighted by Gasteiger charge is 2.25. The summed E-state index contributed by atoms with van der Waals surface area (Å²) in [5.41, 5.74) is 1.03. The van der Waals surface area contributed by atoms with Gasteiger partial charge in [-0.05, 0) is 62.9 Å². The second-order valence-corrected chi connectivity index (χ2v) is 6.80. The molecule has 1 unspecified atom stereocenters. The van der Waals surface area contributed by atoms with Gasteiger partial charge in [0.1, 0.15) is 0 Å². The Hall–Kier alpha value is -1.59. The molecule has 2 amide bonds. The Kier molecular flexibility index (Phi) is 5.18. The van der Waals surface area contributed by atoms with Crippen molar-refractivity contribution in [3.8, 4) is 0 Å². The van der Waals surface area contributed by atoms with Gasteiger partial charge in [0.2, 0.25) is 5.91 Å². The second-order valence-electron chi connectivity index (χ2n) is 6.39. The Morgan fingerprint density at radius 3 is 2.78 bits per heavy atom. The molecule has 124 valence electrons. The van der Waals surface area contributed by atoms with E-state index < -0.39 is 0 Å². The number of halogens is 1. The SMILES string of the molecule is O=C(CCC1CCNC1)Nc1ccc(Cl)c(C(=O)NC2CC2)c1. The van der Waals surface area contributed by atoms with Crippen LogP contribution >= 0.6 is 11.6 Å². The Bertz CT molecular complexity index is 596. The number of hydrogen-bond donors (Lipinski definition) is 3. The summed E-state index contributed by atoms with van der Waals surface area (Å²) in [6, 6.07) is 5.30. The van der Waals surface area contributed by atoms with Crippen LogP contribution < -0.4 is 16.0 Å². The van der Waals surface area contributed by atoms with E-state index in [1.54, 1.807) is 18.2 Å². The Labute approximate surface area is 141 Å². The lowest BCUT2D eigenvalue weighted by Gasteiger charge is -2.11. The first kappa shape index (κ1) is 16.3. The van der Waals surface area contributed by atoms with Crippen molar-refractivity contribution in [2.45, 2.75) is 38.1 Å². The first-order chi connectivity index (χ1) is 11.1. The highest BCUT2D eigenvalue weighted by atomic mass is 35.5. The van der Waals surface area contributed by atoms with Crippen molar-refractivity contribution in [3.05, 3.63) is 28.8 Å². The van der Waals surface area contributed by atoms with E-state index in [0.717, 1.165) is 38.8 Å². The molecule has 1 heterocycles. The van der Waals surface area contributed by atoms with Gasteiger partial charge in [0.05, 0.1) is 10.6 Å². The van der Waals surface area contributed by atoms with Gasteiger partial charge in [-0.15, -0.1) is 0 Å². The van der Waals surface area contributed by atoms with Crippen LogP contribution in [0.3, 0.4) is 0 Å². The van der Waals surface area contributed by atoms with Crippen molar-refractivity contribution in [3.63, 3.8) is 0 Å². The van der Waals surface area contributed by atoms with Crippen LogP contribution in [0.2, 0.25) is 5.02 Å². The summed E-state index contributed by atoms with van der Waals surface area (Å²) in [5.74, 6) is 0.393. The third-order valence-corrected chi connectivity index (χ3v) is 4.68. The highest BCUT2D eigenvalue weighted by molar-refractivity contribution is 6.34. The van der Waals surface area contributed by atoms with Crippen molar-refractivity contribution in [2.75, 3.05) is 18.4 Å². The molecule has 1 aromatic rings. The van der Waals surface area contributed by atoms with E-state index in [2.05, 4.69) is 16.0 Å². The molecule has 1 aromatic carbocycles. The molecule has 3 N–H and O–H groups in total. The van der Waals surface area contributed by atoms with Crippen molar-refractivity contribution in [2.24, 2.45) is 5.92 Å². The normalized spacial score (nSPS) is 20.3. The number of carbonyl (C=O) groups is 2. The molecule has 5 nitrogen and oxygen atoms in total. The third kappa shape index (κ3) is 4.69. The summed E-state index contributed by atoms with van der Waals surface area (Å²) >= 11 is 6.10. The van der Waals surface area contributed by atoms with Crippen LogP contribution in [0.1, 0.15) is 42.5 Å². The van der Waals surface area contributed by atoms with Gasteiger partial charge >= 0.3 is 0 Å². The van der Waals surface area contributed by atoms with Crippen molar-refractivity contribution in [1.82, 2.24) is 10.6 Å². The molecule has 0 bridgehead atoms. The molecule has 0 radical (unpaired) electrons. The zero-order valence-corrected chi connectivity index (χ0v) is 13.8. The lowest BCUT2D eigenvalue weighted by Crippen LogP contribution is -2.25. The van der Waals surface area contributed by atoms with Gasteiger partial charge in [-0.1, -0.05) is 11.6 Å². The number of rotatable bonds is 6. The monoisotopic (exact) mass is 335 g/mol. The van der Waals surface area contributed by atoms with E-state index in [-0.39, 0.29) is 17.9 Å². The molecule has 3 rings (SSSR count). The first-order valence-corrected chi connectivity index (χ1v) is 8.60. The van der Waals surface area contributed by atoms with Crippen LogP contribution in [0.25, 0.3) is 0 Å². The van der Waals surface area contributed by atoms with Crippen LogP contribution in [0, 0.1) is 5.92 Å². The van der Waals surface area contributed by atoms with Crippen LogP contribution in [0.4, 0.5) is 5.69 Å². The average Bonchev–Trinajstić information content (AvgIpc) is 3.18. The topological polar surface area (TPSA) is 70.2 Å². The molecule has 1 aliphatic heterocycles. The lowest BCUT2D eigenvalue weighted by atomic mass is 10.0. The standard InChI is InChI=1S/C17H22ClN3O2/c18-15-5-4-13(9-14(15)17(23)21-12-2-3-12)20-16(22)6-1-11-7-8-19-10-11/h4-5,9,11-12,19H,1-3,6-8,10H2,(H,20,22)(H,21,23). The molecule has 6 heteroatoms. The predicted octanol–water partition coefficient (Wildman–Crippen LogP) is 2.56. The maximum atomic E-state index is 12.1. The van der Waals surface area contributed by atoms with Crippen LogP contribution in [0.5, 0.6) is 0 Å². The molecule has 1 saturated carbocycles. The number of benzene rings is 1. The first-order valence-electron chi connectivity index (χ1n) is 8.23. The maximum Gasteiger partial charge on any atom is 0.253 e. The van der Waals surface area contributed by atoms with Gasteiger partial charge in [-0.25, -0.2) is 0 Å². The van der Waals surface area contributed by atoms with Crippen LogP contribution in [-0.4, -0.2) is 30.9 Å². The largest absolute Gasteiger partial charge is 0.349 e. The summed E-state index contributed by atoms with van der Waals surface area (Å²) in [7, 11) is 0. The van der Waals surface area contributed by atoms with E-state index in [0.29, 0.717) is 28.6 Å². The molecule has 2 fully saturated rings. The van der Waals surface area contributed by atoms with Gasteiger partial charge in [-0.3, -0.25) is 9.59 Å². The number of carbonyl (C=O) groups excluding carboxylic acids is 2. The Morgan fingerprint density at radius 2 is 2.09 bits per heavy atom.